The molecule has 0 amide bonds. The second-order valence-corrected chi connectivity index (χ2v) is 9.69. The number of hydrogen-bond acceptors (Lipinski definition) is 4. The Morgan fingerprint density at radius 3 is 1.41 bits per heavy atom. The van der Waals surface area contributed by atoms with Gasteiger partial charge in [0.2, 0.25) is 0 Å². The average molecular weight is 457 g/mol. The molecule has 0 aromatic carbocycles. The second kappa shape index (κ2) is 25.0. The molecule has 2 N–H and O–H groups in total. The maximum absolute atomic E-state index is 11.8. The molecule has 32 heavy (non-hydrogen) atoms. The van der Waals surface area contributed by atoms with Crippen LogP contribution in [0.25, 0.3) is 0 Å². The predicted octanol–water partition coefficient (Wildman–Crippen LogP) is 7.87. The van der Waals surface area contributed by atoms with E-state index in [9.17, 15) is 15.0 Å². The average Bonchev–Trinajstić information content (AvgIpc) is 2.79. The molecule has 0 aromatic heterocycles. The van der Waals surface area contributed by atoms with Crippen molar-refractivity contribution < 1.29 is 19.7 Å². The van der Waals surface area contributed by atoms with Crippen molar-refractivity contribution in [3.05, 3.63) is 0 Å². The molecule has 4 nitrogen and oxygen atoms in total. The Hall–Kier alpha value is -0.610. The van der Waals surface area contributed by atoms with Crippen LogP contribution < -0.4 is 0 Å². The van der Waals surface area contributed by atoms with Crippen molar-refractivity contribution in [3.63, 3.8) is 0 Å². The summed E-state index contributed by atoms with van der Waals surface area (Å²) in [5.41, 5.74) is 0. The van der Waals surface area contributed by atoms with Gasteiger partial charge in [0.1, 0.15) is 0 Å². The fourth-order valence-electron chi connectivity index (χ4n) is 4.16. The van der Waals surface area contributed by atoms with Crippen molar-refractivity contribution >= 4 is 5.97 Å². The first-order valence-corrected chi connectivity index (χ1v) is 14.1. The van der Waals surface area contributed by atoms with Gasteiger partial charge in [-0.2, -0.15) is 0 Å². The highest BCUT2D eigenvalue weighted by molar-refractivity contribution is 5.69. The lowest BCUT2D eigenvalue weighted by Crippen LogP contribution is -2.26. The van der Waals surface area contributed by atoms with Crippen molar-refractivity contribution in [2.75, 3.05) is 6.61 Å². The Morgan fingerprint density at radius 2 is 0.938 bits per heavy atom. The van der Waals surface area contributed by atoms with Crippen LogP contribution in [0.2, 0.25) is 0 Å². The highest BCUT2D eigenvalue weighted by Gasteiger charge is 2.17. The number of carbonyl (C=O) groups excluding carboxylic acids is 1. The molecule has 0 saturated carbocycles. The minimum atomic E-state index is -0.824. The minimum absolute atomic E-state index is 0.187. The molecule has 192 valence electrons. The summed E-state index contributed by atoms with van der Waals surface area (Å²) in [6, 6.07) is 0. The number of rotatable bonds is 25. The highest BCUT2D eigenvalue weighted by Crippen LogP contribution is 2.14. The number of carbonyl (C=O) groups is 1. The van der Waals surface area contributed by atoms with Crippen molar-refractivity contribution in [3.8, 4) is 0 Å². The third kappa shape index (κ3) is 22.6. The number of unbranched alkanes of at least 4 members (excludes halogenated alkanes) is 17. The molecule has 2 atom stereocenters. The van der Waals surface area contributed by atoms with Gasteiger partial charge in [0, 0.05) is 6.42 Å². The lowest BCUT2D eigenvalue weighted by Gasteiger charge is -2.17. The molecule has 0 fully saturated rings. The Bertz CT molecular complexity index is 386. The van der Waals surface area contributed by atoms with Gasteiger partial charge in [0.15, 0.2) is 0 Å². The molecule has 4 heteroatoms. The first kappa shape index (κ1) is 31.4. The summed E-state index contributed by atoms with van der Waals surface area (Å²) in [5.74, 6) is -0.256. The molecular formula is C28H56O4. The van der Waals surface area contributed by atoms with E-state index in [1.807, 2.05) is 0 Å². The summed E-state index contributed by atoms with van der Waals surface area (Å²) in [6.07, 6.45) is 23.6. The fourth-order valence-corrected chi connectivity index (χ4v) is 4.16. The van der Waals surface area contributed by atoms with E-state index in [-0.39, 0.29) is 18.8 Å². The molecular weight excluding hydrogens is 400 g/mol. The summed E-state index contributed by atoms with van der Waals surface area (Å²) in [6.45, 7) is 4.93. The Labute approximate surface area is 199 Å². The highest BCUT2D eigenvalue weighted by atomic mass is 16.5. The van der Waals surface area contributed by atoms with E-state index in [1.165, 1.54) is 96.3 Å². The van der Waals surface area contributed by atoms with E-state index in [4.69, 9.17) is 4.74 Å². The maximum atomic E-state index is 11.8. The van der Waals surface area contributed by atoms with Crippen molar-refractivity contribution in [1.82, 2.24) is 0 Å². The molecule has 0 heterocycles. The van der Waals surface area contributed by atoms with Crippen LogP contribution in [0.1, 0.15) is 155 Å². The van der Waals surface area contributed by atoms with E-state index in [2.05, 4.69) is 13.8 Å². The largest absolute Gasteiger partial charge is 0.466 e. The van der Waals surface area contributed by atoms with Gasteiger partial charge in [0.05, 0.1) is 18.8 Å². The van der Waals surface area contributed by atoms with Crippen LogP contribution in [-0.2, 0) is 9.53 Å². The van der Waals surface area contributed by atoms with Gasteiger partial charge in [-0.05, 0) is 19.3 Å². The Balaban J connectivity index is 3.37. The van der Waals surface area contributed by atoms with E-state index < -0.39 is 12.2 Å². The fraction of sp³-hybridized carbons (Fsp3) is 0.964. The van der Waals surface area contributed by atoms with Gasteiger partial charge >= 0.3 is 5.97 Å². The number of aliphatic hydroxyl groups excluding tert-OH is 2. The standard InChI is InChI=1S/C28H56O4/c1-3-5-7-9-10-11-12-13-14-15-16-17-19-21-25-32-28(31)24-23-27(30)26(29)22-20-18-8-6-4-2/h26-27,29-30H,3-25H2,1-2H3. The number of esters is 1. The third-order valence-corrected chi connectivity index (χ3v) is 6.45. The van der Waals surface area contributed by atoms with Gasteiger partial charge in [-0.25, -0.2) is 0 Å². The molecule has 0 saturated heterocycles. The first-order valence-electron chi connectivity index (χ1n) is 14.1. The van der Waals surface area contributed by atoms with E-state index in [1.54, 1.807) is 0 Å². The molecule has 0 bridgehead atoms. The van der Waals surface area contributed by atoms with Crippen molar-refractivity contribution in [2.24, 2.45) is 0 Å². The molecule has 0 aliphatic rings. The van der Waals surface area contributed by atoms with E-state index in [0.29, 0.717) is 13.0 Å². The van der Waals surface area contributed by atoms with Gasteiger partial charge in [0.25, 0.3) is 0 Å². The zero-order chi connectivity index (χ0) is 23.7. The number of ether oxygens (including phenoxy) is 1. The zero-order valence-electron chi connectivity index (χ0n) is 21.6. The van der Waals surface area contributed by atoms with Gasteiger partial charge in [-0.15, -0.1) is 0 Å². The van der Waals surface area contributed by atoms with Crippen molar-refractivity contribution in [2.45, 2.75) is 167 Å². The monoisotopic (exact) mass is 456 g/mol. The molecule has 0 aliphatic carbocycles. The zero-order valence-corrected chi connectivity index (χ0v) is 21.6. The van der Waals surface area contributed by atoms with Crippen LogP contribution in [-0.4, -0.2) is 35.0 Å². The summed E-state index contributed by atoms with van der Waals surface area (Å²) >= 11 is 0. The van der Waals surface area contributed by atoms with Crippen LogP contribution in [0.4, 0.5) is 0 Å². The third-order valence-electron chi connectivity index (χ3n) is 6.45. The second-order valence-electron chi connectivity index (χ2n) is 9.69. The molecule has 0 rings (SSSR count). The van der Waals surface area contributed by atoms with Crippen molar-refractivity contribution in [1.29, 1.82) is 0 Å². The number of hydrogen-bond donors (Lipinski definition) is 2. The summed E-state index contributed by atoms with van der Waals surface area (Å²) in [4.78, 5) is 11.8. The van der Waals surface area contributed by atoms with Gasteiger partial charge in [-0.1, -0.05) is 129 Å². The van der Waals surface area contributed by atoms with Gasteiger partial charge in [-0.3, -0.25) is 4.79 Å². The predicted molar refractivity (Wildman–Crippen MR) is 136 cm³/mol. The topological polar surface area (TPSA) is 66.8 Å². The summed E-state index contributed by atoms with van der Waals surface area (Å²) < 4.78 is 5.27. The normalized spacial score (nSPS) is 13.2. The van der Waals surface area contributed by atoms with Crippen LogP contribution >= 0.6 is 0 Å². The van der Waals surface area contributed by atoms with Crippen LogP contribution in [0, 0.1) is 0 Å². The molecule has 0 spiro atoms. The molecule has 0 aliphatic heterocycles. The van der Waals surface area contributed by atoms with Crippen LogP contribution in [0.5, 0.6) is 0 Å². The lowest BCUT2D eigenvalue weighted by atomic mass is 10.0. The van der Waals surface area contributed by atoms with E-state index >= 15 is 0 Å². The van der Waals surface area contributed by atoms with Gasteiger partial charge < -0.3 is 14.9 Å². The molecule has 0 radical (unpaired) electrons. The smallest absolute Gasteiger partial charge is 0.305 e. The first-order chi connectivity index (χ1) is 15.6. The maximum Gasteiger partial charge on any atom is 0.305 e. The Kier molecular flexibility index (Phi) is 24.5. The Morgan fingerprint density at radius 1 is 0.562 bits per heavy atom. The summed E-state index contributed by atoms with van der Waals surface area (Å²) in [7, 11) is 0. The number of aliphatic hydroxyl groups is 2. The van der Waals surface area contributed by atoms with E-state index in [0.717, 1.165) is 25.7 Å². The quantitative estimate of drug-likeness (QED) is 0.108. The SMILES string of the molecule is CCCCCCCCCCCCCCCCOC(=O)CCC(O)C(O)CCCCCCC. The minimum Gasteiger partial charge on any atom is -0.466 e. The van der Waals surface area contributed by atoms with Crippen LogP contribution in [0.3, 0.4) is 0 Å². The molecule has 0 aromatic rings. The van der Waals surface area contributed by atoms with Crippen LogP contribution in [0.15, 0.2) is 0 Å². The summed E-state index contributed by atoms with van der Waals surface area (Å²) in [5, 5.41) is 20.0. The molecule has 2 unspecified atom stereocenters. The lowest BCUT2D eigenvalue weighted by molar-refractivity contribution is -0.144.